The molecule has 1 heterocycles. The fourth-order valence-corrected chi connectivity index (χ4v) is 5.72. The molecule has 1 N–H and O–H groups in total. The molecular formula is C26H31Cl2N3O4. The highest BCUT2D eigenvalue weighted by Gasteiger charge is 2.47. The Morgan fingerprint density at radius 1 is 1.09 bits per heavy atom. The van der Waals surface area contributed by atoms with E-state index in [9.17, 15) is 19.2 Å². The van der Waals surface area contributed by atoms with Crippen molar-refractivity contribution in [2.24, 2.45) is 11.8 Å². The summed E-state index contributed by atoms with van der Waals surface area (Å²) < 4.78 is 0. The molecule has 2 fully saturated rings. The van der Waals surface area contributed by atoms with E-state index in [1.165, 1.54) is 9.80 Å². The molecule has 1 saturated heterocycles. The monoisotopic (exact) mass is 519 g/mol. The lowest BCUT2D eigenvalue weighted by atomic mass is 9.85. The zero-order valence-electron chi connectivity index (χ0n) is 19.8. The Hall–Kier alpha value is -2.38. The van der Waals surface area contributed by atoms with Crippen molar-refractivity contribution in [3.8, 4) is 0 Å². The maximum Gasteiger partial charge on any atom is 0.242 e. The molecule has 0 spiro atoms. The van der Waals surface area contributed by atoms with Crippen molar-refractivity contribution in [1.29, 1.82) is 0 Å². The molecule has 7 nitrogen and oxygen atoms in total. The molecular weight excluding hydrogens is 489 g/mol. The van der Waals surface area contributed by atoms with E-state index in [-0.39, 0.29) is 61.0 Å². The van der Waals surface area contributed by atoms with Gasteiger partial charge < -0.3 is 10.2 Å². The van der Waals surface area contributed by atoms with Crippen LogP contribution in [0.4, 0.5) is 0 Å². The summed E-state index contributed by atoms with van der Waals surface area (Å²) in [5, 5.41) is 3.94. The molecule has 1 aromatic rings. The molecule has 188 valence electrons. The lowest BCUT2D eigenvalue weighted by Gasteiger charge is -2.30. The van der Waals surface area contributed by atoms with E-state index < -0.39 is 6.04 Å². The van der Waals surface area contributed by atoms with Gasteiger partial charge in [0.25, 0.3) is 0 Å². The summed E-state index contributed by atoms with van der Waals surface area (Å²) in [4.78, 5) is 54.7. The number of allylic oxidation sites excluding steroid dienone is 2. The van der Waals surface area contributed by atoms with Crippen molar-refractivity contribution < 1.29 is 19.2 Å². The highest BCUT2D eigenvalue weighted by atomic mass is 35.5. The number of likely N-dealkylation sites (tertiary alicyclic amines) is 1. The van der Waals surface area contributed by atoms with Gasteiger partial charge in [-0.25, -0.2) is 0 Å². The number of amides is 4. The molecule has 1 unspecified atom stereocenters. The van der Waals surface area contributed by atoms with Crippen LogP contribution in [0.3, 0.4) is 0 Å². The number of fused-ring (bicyclic) bond motifs is 1. The predicted octanol–water partition coefficient (Wildman–Crippen LogP) is 4.11. The lowest BCUT2D eigenvalue weighted by molar-refractivity contribution is -0.144. The molecule has 0 bridgehead atoms. The topological polar surface area (TPSA) is 86.8 Å². The predicted molar refractivity (Wildman–Crippen MR) is 134 cm³/mol. The molecule has 35 heavy (non-hydrogen) atoms. The fourth-order valence-electron chi connectivity index (χ4n) is 5.25. The van der Waals surface area contributed by atoms with Gasteiger partial charge in [0, 0.05) is 35.6 Å². The summed E-state index contributed by atoms with van der Waals surface area (Å²) in [6.45, 7) is 1.81. The maximum absolute atomic E-state index is 13.4. The first-order chi connectivity index (χ1) is 16.8. The molecule has 4 amide bonds. The van der Waals surface area contributed by atoms with Crippen LogP contribution in [0.25, 0.3) is 0 Å². The second kappa shape index (κ2) is 11.1. The number of benzene rings is 1. The first-order valence-electron chi connectivity index (χ1n) is 12.3. The number of carbonyl (C=O) groups excluding carboxylic acids is 4. The van der Waals surface area contributed by atoms with Gasteiger partial charge in [0.15, 0.2) is 0 Å². The van der Waals surface area contributed by atoms with Crippen LogP contribution in [-0.2, 0) is 25.7 Å². The molecule has 3 atom stereocenters. The van der Waals surface area contributed by atoms with Crippen molar-refractivity contribution in [3.63, 3.8) is 0 Å². The van der Waals surface area contributed by atoms with Crippen molar-refractivity contribution >= 4 is 46.8 Å². The first-order valence-corrected chi connectivity index (χ1v) is 13.1. The van der Waals surface area contributed by atoms with Crippen LogP contribution in [-0.4, -0.2) is 52.1 Å². The zero-order chi connectivity index (χ0) is 25.1. The van der Waals surface area contributed by atoms with Crippen LogP contribution < -0.4 is 5.32 Å². The van der Waals surface area contributed by atoms with E-state index >= 15 is 0 Å². The average molecular weight is 520 g/mol. The van der Waals surface area contributed by atoms with Crippen molar-refractivity contribution in [1.82, 2.24) is 15.1 Å². The van der Waals surface area contributed by atoms with E-state index in [1.807, 2.05) is 12.2 Å². The van der Waals surface area contributed by atoms with Gasteiger partial charge in [-0.2, -0.15) is 0 Å². The normalized spacial score (nSPS) is 22.9. The third kappa shape index (κ3) is 5.72. The lowest BCUT2D eigenvalue weighted by Crippen LogP contribution is -2.50. The summed E-state index contributed by atoms with van der Waals surface area (Å²) >= 11 is 12.4. The van der Waals surface area contributed by atoms with Gasteiger partial charge in [0.1, 0.15) is 6.04 Å². The van der Waals surface area contributed by atoms with Crippen LogP contribution >= 0.6 is 23.2 Å². The molecule has 2 aliphatic carbocycles. The number of hydrogen-bond donors (Lipinski definition) is 1. The summed E-state index contributed by atoms with van der Waals surface area (Å²) in [5.41, 5.74) is 0.662. The minimum atomic E-state index is -0.744. The first kappa shape index (κ1) is 25.7. The van der Waals surface area contributed by atoms with E-state index in [0.717, 1.165) is 25.7 Å². The Morgan fingerprint density at radius 2 is 1.71 bits per heavy atom. The Labute approximate surface area is 215 Å². The van der Waals surface area contributed by atoms with E-state index in [2.05, 4.69) is 5.32 Å². The Morgan fingerprint density at radius 3 is 2.31 bits per heavy atom. The smallest absolute Gasteiger partial charge is 0.242 e. The van der Waals surface area contributed by atoms with Crippen LogP contribution in [0.1, 0.15) is 57.4 Å². The minimum Gasteiger partial charge on any atom is -0.352 e. The second-order valence-corrected chi connectivity index (χ2v) is 10.5. The molecule has 3 aliphatic rings. The summed E-state index contributed by atoms with van der Waals surface area (Å²) in [6, 6.07) is 4.40. The molecule has 9 heteroatoms. The van der Waals surface area contributed by atoms with Crippen LogP contribution in [0.5, 0.6) is 0 Å². The largest absolute Gasteiger partial charge is 0.352 e. The average Bonchev–Trinajstić information content (AvgIpc) is 3.43. The summed E-state index contributed by atoms with van der Waals surface area (Å²) in [7, 11) is 0. The number of halogens is 2. The van der Waals surface area contributed by atoms with Crippen molar-refractivity contribution in [3.05, 3.63) is 46.0 Å². The van der Waals surface area contributed by atoms with E-state index in [1.54, 1.807) is 25.1 Å². The molecule has 0 radical (unpaired) electrons. The summed E-state index contributed by atoms with van der Waals surface area (Å²) in [6.07, 6.45) is 8.95. The van der Waals surface area contributed by atoms with Crippen LogP contribution in [0.15, 0.2) is 30.4 Å². The fraction of sp³-hybridized carbons (Fsp3) is 0.538. The van der Waals surface area contributed by atoms with Gasteiger partial charge in [-0.3, -0.25) is 24.1 Å². The van der Waals surface area contributed by atoms with E-state index in [4.69, 9.17) is 23.2 Å². The highest BCUT2D eigenvalue weighted by Crippen LogP contribution is 2.35. The number of rotatable bonds is 8. The SMILES string of the molecule is CC(C(=O)NC1CCCC1)N(Cc1ccc(Cl)cc1Cl)C(=O)CCN1C(=O)[C@H]2CC=CC[C@H]2C1=O. The van der Waals surface area contributed by atoms with Crippen molar-refractivity contribution in [2.45, 2.75) is 70.5 Å². The van der Waals surface area contributed by atoms with Gasteiger partial charge in [0.2, 0.25) is 23.6 Å². The van der Waals surface area contributed by atoms with E-state index in [0.29, 0.717) is 28.5 Å². The van der Waals surface area contributed by atoms with Gasteiger partial charge in [0.05, 0.1) is 11.8 Å². The minimum absolute atomic E-state index is 0.00527. The number of hydrogen-bond acceptors (Lipinski definition) is 4. The third-order valence-electron chi connectivity index (χ3n) is 7.37. The number of nitrogens with one attached hydrogen (secondary N) is 1. The molecule has 1 saturated carbocycles. The van der Waals surface area contributed by atoms with Gasteiger partial charge in [-0.15, -0.1) is 0 Å². The van der Waals surface area contributed by atoms with Crippen LogP contribution in [0.2, 0.25) is 10.0 Å². The standard InChI is InChI=1S/C26H31Cl2N3O4/c1-16(24(33)29-19-6-2-3-7-19)31(15-17-10-11-18(27)14-22(17)28)23(32)12-13-30-25(34)20-8-4-5-9-21(20)26(30)35/h4-5,10-11,14,16,19-21H,2-3,6-9,12-13,15H2,1H3,(H,29,33)/t16?,20-,21+. The summed E-state index contributed by atoms with van der Waals surface area (Å²) in [5.74, 6) is -1.63. The molecule has 0 aromatic heterocycles. The van der Waals surface area contributed by atoms with Crippen LogP contribution in [0, 0.1) is 11.8 Å². The quantitative estimate of drug-likeness (QED) is 0.413. The Bertz CT molecular complexity index is 1010. The van der Waals surface area contributed by atoms with Gasteiger partial charge in [-0.05, 0) is 50.3 Å². The maximum atomic E-state index is 13.4. The highest BCUT2D eigenvalue weighted by molar-refractivity contribution is 6.35. The van der Waals surface area contributed by atoms with Gasteiger partial charge in [-0.1, -0.05) is 54.3 Å². The zero-order valence-corrected chi connectivity index (χ0v) is 21.4. The molecule has 4 rings (SSSR count). The van der Waals surface area contributed by atoms with Gasteiger partial charge >= 0.3 is 0 Å². The Balaban J connectivity index is 1.47. The molecule has 1 aromatic carbocycles. The molecule has 1 aliphatic heterocycles. The number of nitrogens with zero attached hydrogens (tertiary/aromatic N) is 2. The number of carbonyl (C=O) groups is 4. The second-order valence-electron chi connectivity index (χ2n) is 9.66. The third-order valence-corrected chi connectivity index (χ3v) is 7.96. The van der Waals surface area contributed by atoms with Crippen molar-refractivity contribution in [2.75, 3.05) is 6.54 Å². The Kier molecular flexibility index (Phi) is 8.17. The number of imide groups is 1.